The van der Waals surface area contributed by atoms with E-state index in [9.17, 15) is 9.59 Å². The lowest BCUT2D eigenvalue weighted by molar-refractivity contribution is -0.140. The minimum Gasteiger partial charge on any atom is -0.480 e. The first kappa shape index (κ1) is 10.7. The maximum atomic E-state index is 10.7. The van der Waals surface area contributed by atoms with Crippen molar-refractivity contribution >= 4 is 11.9 Å². The monoisotopic (exact) mass is 199 g/mol. The van der Waals surface area contributed by atoms with Gasteiger partial charge in [-0.25, -0.2) is 4.79 Å². The first-order chi connectivity index (χ1) is 6.52. The molecular weight excluding hydrogens is 186 g/mol. The molecule has 0 spiro atoms. The van der Waals surface area contributed by atoms with Crippen LogP contribution in [0.3, 0.4) is 0 Å². The van der Waals surface area contributed by atoms with Gasteiger partial charge in [0.25, 0.3) is 0 Å². The summed E-state index contributed by atoms with van der Waals surface area (Å²) in [6.07, 6.45) is 2.18. The second-order valence-electron chi connectivity index (χ2n) is 3.38. The Labute approximate surface area is 81.4 Å². The topological polar surface area (TPSA) is 86.6 Å². The average molecular weight is 199 g/mol. The van der Waals surface area contributed by atoms with Crippen LogP contribution in [0, 0.1) is 5.92 Å². The molecule has 0 bridgehead atoms. The normalized spacial score (nSPS) is 27.6. The van der Waals surface area contributed by atoms with E-state index in [2.05, 4.69) is 5.32 Å². The molecule has 5 nitrogen and oxygen atoms in total. The van der Waals surface area contributed by atoms with Crippen molar-refractivity contribution in [3.8, 4) is 0 Å². The molecule has 0 aromatic carbocycles. The predicted octanol–water partition coefficient (Wildman–Crippen LogP) is 0.0800. The van der Waals surface area contributed by atoms with Crippen LogP contribution >= 0.6 is 0 Å². The summed E-state index contributed by atoms with van der Waals surface area (Å²) >= 11 is 0. The fourth-order valence-electron chi connectivity index (χ4n) is 1.57. The number of hydrogen-bond donors (Lipinski definition) is 3. The number of carboxylic acid groups (broad SMARTS) is 2. The quantitative estimate of drug-likeness (QED) is 0.560. The van der Waals surface area contributed by atoms with Crippen molar-refractivity contribution in [3.05, 3.63) is 11.6 Å². The van der Waals surface area contributed by atoms with Gasteiger partial charge in [0.05, 0.1) is 0 Å². The second kappa shape index (κ2) is 4.23. The van der Waals surface area contributed by atoms with E-state index in [1.807, 2.05) is 0 Å². The number of carbonyl (C=O) groups is 2. The average Bonchev–Trinajstić information content (AvgIpc) is 2.52. The van der Waals surface area contributed by atoms with Crippen molar-refractivity contribution in [2.45, 2.75) is 19.4 Å². The first-order valence-corrected chi connectivity index (χ1v) is 4.40. The number of aliphatic carboxylic acids is 2. The summed E-state index contributed by atoms with van der Waals surface area (Å²) in [7, 11) is 0. The van der Waals surface area contributed by atoms with Crippen molar-refractivity contribution in [2.24, 2.45) is 5.92 Å². The second-order valence-corrected chi connectivity index (χ2v) is 3.38. The zero-order chi connectivity index (χ0) is 10.7. The lowest BCUT2D eigenvalue weighted by Crippen LogP contribution is -2.34. The molecule has 0 aromatic heterocycles. The predicted molar refractivity (Wildman–Crippen MR) is 48.9 cm³/mol. The molecule has 1 saturated heterocycles. The van der Waals surface area contributed by atoms with Crippen molar-refractivity contribution < 1.29 is 19.8 Å². The summed E-state index contributed by atoms with van der Waals surface area (Å²) in [4.78, 5) is 21.3. The van der Waals surface area contributed by atoms with Crippen molar-refractivity contribution in [2.75, 3.05) is 6.54 Å². The van der Waals surface area contributed by atoms with E-state index in [1.165, 1.54) is 13.0 Å². The molecule has 1 heterocycles. The standard InChI is InChI=1S/C9H13NO4/c1-5(8(11)12)4-6-2-3-10-7(6)9(13)14/h4,6-7,10H,2-3H2,1H3,(H,11,12)(H,13,14)/b5-4+/t6-,7+/m1/s1. The summed E-state index contributed by atoms with van der Waals surface area (Å²) < 4.78 is 0. The Morgan fingerprint density at radius 3 is 2.57 bits per heavy atom. The molecule has 2 atom stereocenters. The molecule has 1 fully saturated rings. The third-order valence-electron chi connectivity index (χ3n) is 2.34. The lowest BCUT2D eigenvalue weighted by Gasteiger charge is -2.11. The molecule has 3 N–H and O–H groups in total. The third-order valence-corrected chi connectivity index (χ3v) is 2.34. The maximum absolute atomic E-state index is 10.7. The minimum absolute atomic E-state index is 0.199. The number of rotatable bonds is 3. The largest absolute Gasteiger partial charge is 0.480 e. The summed E-state index contributed by atoms with van der Waals surface area (Å²) in [5, 5.41) is 20.2. The van der Waals surface area contributed by atoms with Crippen LogP contribution in [0.15, 0.2) is 11.6 Å². The molecule has 1 rings (SSSR count). The number of nitrogens with one attached hydrogen (secondary N) is 1. The Balaban J connectivity index is 2.73. The molecular formula is C9H13NO4. The first-order valence-electron chi connectivity index (χ1n) is 4.40. The molecule has 1 aliphatic heterocycles. The van der Waals surface area contributed by atoms with Crippen LogP contribution in [0.25, 0.3) is 0 Å². The molecule has 5 heteroatoms. The smallest absolute Gasteiger partial charge is 0.330 e. The van der Waals surface area contributed by atoms with E-state index >= 15 is 0 Å². The van der Waals surface area contributed by atoms with E-state index in [1.54, 1.807) is 0 Å². The van der Waals surface area contributed by atoms with Gasteiger partial charge in [-0.3, -0.25) is 4.79 Å². The molecule has 0 aromatic rings. The zero-order valence-electron chi connectivity index (χ0n) is 7.86. The minimum atomic E-state index is -0.999. The van der Waals surface area contributed by atoms with Crippen LogP contribution in [-0.2, 0) is 9.59 Å². The van der Waals surface area contributed by atoms with Crippen LogP contribution in [0.4, 0.5) is 0 Å². The molecule has 78 valence electrons. The Kier molecular flexibility index (Phi) is 3.24. The molecule has 1 aliphatic rings. The SMILES string of the molecule is C/C(=C\[C@H]1CCN[C@@H]1C(=O)O)C(=O)O. The summed E-state index contributed by atoms with van der Waals surface area (Å²) in [5.41, 5.74) is 0.199. The van der Waals surface area contributed by atoms with Gasteiger partial charge >= 0.3 is 11.9 Å². The Bertz CT molecular complexity index is 285. The van der Waals surface area contributed by atoms with Crippen molar-refractivity contribution in [1.82, 2.24) is 5.32 Å². The van der Waals surface area contributed by atoms with Gasteiger partial charge in [0.2, 0.25) is 0 Å². The highest BCUT2D eigenvalue weighted by Crippen LogP contribution is 2.19. The fourth-order valence-corrected chi connectivity index (χ4v) is 1.57. The van der Waals surface area contributed by atoms with Crippen LogP contribution in [0.5, 0.6) is 0 Å². The Morgan fingerprint density at radius 1 is 1.43 bits per heavy atom. The molecule has 0 amide bonds. The molecule has 0 unspecified atom stereocenters. The van der Waals surface area contributed by atoms with Crippen molar-refractivity contribution in [1.29, 1.82) is 0 Å². The van der Waals surface area contributed by atoms with Gasteiger partial charge in [-0.1, -0.05) is 6.08 Å². The van der Waals surface area contributed by atoms with Crippen LogP contribution in [-0.4, -0.2) is 34.7 Å². The summed E-state index contributed by atoms with van der Waals surface area (Å²) in [6.45, 7) is 2.09. The molecule has 0 saturated carbocycles. The number of hydrogen-bond acceptors (Lipinski definition) is 3. The van der Waals surface area contributed by atoms with Gasteiger partial charge in [0.1, 0.15) is 6.04 Å². The van der Waals surface area contributed by atoms with Crippen molar-refractivity contribution in [3.63, 3.8) is 0 Å². The van der Waals surface area contributed by atoms with E-state index in [4.69, 9.17) is 10.2 Å². The molecule has 14 heavy (non-hydrogen) atoms. The zero-order valence-corrected chi connectivity index (χ0v) is 7.86. The summed E-state index contributed by atoms with van der Waals surface area (Å²) in [6, 6.07) is -0.649. The van der Waals surface area contributed by atoms with Gasteiger partial charge in [0, 0.05) is 11.5 Å². The van der Waals surface area contributed by atoms with Crippen LogP contribution in [0.1, 0.15) is 13.3 Å². The maximum Gasteiger partial charge on any atom is 0.330 e. The summed E-state index contributed by atoms with van der Waals surface area (Å²) in [5.74, 6) is -2.15. The van der Waals surface area contributed by atoms with Gasteiger partial charge in [-0.2, -0.15) is 0 Å². The van der Waals surface area contributed by atoms with E-state index < -0.39 is 18.0 Å². The highest BCUT2D eigenvalue weighted by molar-refractivity contribution is 5.86. The fraction of sp³-hybridized carbons (Fsp3) is 0.556. The Morgan fingerprint density at radius 2 is 2.07 bits per heavy atom. The van der Waals surface area contributed by atoms with Gasteiger partial charge < -0.3 is 15.5 Å². The molecule has 0 radical (unpaired) electrons. The van der Waals surface area contributed by atoms with Gasteiger partial charge in [-0.05, 0) is 19.9 Å². The Hall–Kier alpha value is -1.36. The number of carboxylic acids is 2. The van der Waals surface area contributed by atoms with Crippen LogP contribution in [0.2, 0.25) is 0 Å². The molecule has 0 aliphatic carbocycles. The van der Waals surface area contributed by atoms with Crippen LogP contribution < -0.4 is 5.32 Å². The van der Waals surface area contributed by atoms with E-state index in [0.717, 1.165) is 0 Å². The van der Waals surface area contributed by atoms with Gasteiger partial charge in [-0.15, -0.1) is 0 Å². The third kappa shape index (κ3) is 2.32. The highest BCUT2D eigenvalue weighted by Gasteiger charge is 2.31. The highest BCUT2D eigenvalue weighted by atomic mass is 16.4. The van der Waals surface area contributed by atoms with Gasteiger partial charge in [0.15, 0.2) is 0 Å². The lowest BCUT2D eigenvalue weighted by atomic mass is 9.98. The van der Waals surface area contributed by atoms with E-state index in [0.29, 0.717) is 13.0 Å². The van der Waals surface area contributed by atoms with E-state index in [-0.39, 0.29) is 11.5 Å².